The molecular weight excluding hydrogens is 416 g/mol. The van der Waals surface area contributed by atoms with Crippen LogP contribution in [0.5, 0.6) is 5.75 Å². The van der Waals surface area contributed by atoms with Crippen LogP contribution in [0.2, 0.25) is 0 Å². The van der Waals surface area contributed by atoms with Gasteiger partial charge in [-0.1, -0.05) is 32.4 Å². The molecule has 0 bridgehead atoms. The molecule has 1 aromatic carbocycles. The SMILES string of the molecule is CCC(C)C(NC(=O)C(Cc1ccc(O)cc1)NC(=O)C(N)CCCN=C(N)N)C(=O)O. The summed E-state index contributed by atoms with van der Waals surface area (Å²) in [5.41, 5.74) is 17.1. The highest BCUT2D eigenvalue weighted by Gasteiger charge is 2.30. The second-order valence-corrected chi connectivity index (χ2v) is 7.70. The van der Waals surface area contributed by atoms with E-state index in [1.165, 1.54) is 12.1 Å². The number of nitrogens with zero attached hydrogens (tertiary/aromatic N) is 1. The van der Waals surface area contributed by atoms with Gasteiger partial charge >= 0.3 is 5.97 Å². The molecule has 178 valence electrons. The Kier molecular flexibility index (Phi) is 11.0. The van der Waals surface area contributed by atoms with Gasteiger partial charge in [-0.05, 0) is 36.5 Å². The molecule has 0 saturated heterocycles. The Balaban J connectivity index is 2.92. The maximum Gasteiger partial charge on any atom is 0.326 e. The summed E-state index contributed by atoms with van der Waals surface area (Å²) in [6, 6.07) is 3.09. The third-order valence-corrected chi connectivity index (χ3v) is 5.09. The number of nitrogens with one attached hydrogen (secondary N) is 2. The van der Waals surface area contributed by atoms with Crippen molar-refractivity contribution in [3.05, 3.63) is 29.8 Å². The van der Waals surface area contributed by atoms with Crippen LogP contribution in [0.25, 0.3) is 0 Å². The van der Waals surface area contributed by atoms with Crippen molar-refractivity contribution in [1.82, 2.24) is 10.6 Å². The summed E-state index contributed by atoms with van der Waals surface area (Å²) in [5.74, 6) is -2.64. The maximum absolute atomic E-state index is 12.9. The van der Waals surface area contributed by atoms with Gasteiger partial charge in [-0.25, -0.2) is 4.79 Å². The maximum atomic E-state index is 12.9. The minimum Gasteiger partial charge on any atom is -0.508 e. The summed E-state index contributed by atoms with van der Waals surface area (Å²) in [7, 11) is 0. The van der Waals surface area contributed by atoms with Gasteiger partial charge < -0.3 is 38.0 Å². The molecule has 10 N–H and O–H groups in total. The van der Waals surface area contributed by atoms with Crippen molar-refractivity contribution in [3.63, 3.8) is 0 Å². The molecule has 0 spiro atoms. The van der Waals surface area contributed by atoms with Crippen LogP contribution >= 0.6 is 0 Å². The quantitative estimate of drug-likeness (QED) is 0.117. The molecule has 1 aromatic rings. The Hall–Kier alpha value is -3.34. The van der Waals surface area contributed by atoms with Gasteiger partial charge in [-0.2, -0.15) is 0 Å². The number of aliphatic imine (C=N–C) groups is 1. The average Bonchev–Trinajstić information content (AvgIpc) is 2.74. The van der Waals surface area contributed by atoms with Crippen LogP contribution in [0.4, 0.5) is 0 Å². The number of hydrogen-bond donors (Lipinski definition) is 7. The Morgan fingerprint density at radius 3 is 2.25 bits per heavy atom. The van der Waals surface area contributed by atoms with Crippen LogP contribution in [-0.2, 0) is 20.8 Å². The number of carboxylic acid groups (broad SMARTS) is 1. The van der Waals surface area contributed by atoms with Gasteiger partial charge in [0.25, 0.3) is 0 Å². The lowest BCUT2D eigenvalue weighted by Gasteiger charge is -2.25. The topological polar surface area (TPSA) is 206 Å². The number of benzene rings is 1. The van der Waals surface area contributed by atoms with Gasteiger partial charge in [-0.3, -0.25) is 14.6 Å². The standard InChI is InChI=1S/C21H34N6O5/c1-3-12(2)17(20(31)32)27-19(30)16(11-13-6-8-14(28)9-7-13)26-18(29)15(22)5-4-10-25-21(23)24/h6-9,12,15-17,28H,3-5,10-11,22H2,1-2H3,(H,26,29)(H,27,30)(H,31,32)(H4,23,24,25). The monoisotopic (exact) mass is 450 g/mol. The molecule has 11 heteroatoms. The molecule has 0 aromatic heterocycles. The minimum atomic E-state index is -1.15. The van der Waals surface area contributed by atoms with E-state index in [1.807, 2.05) is 6.92 Å². The zero-order chi connectivity index (χ0) is 24.3. The summed E-state index contributed by atoms with van der Waals surface area (Å²) in [5, 5.41) is 24.1. The summed E-state index contributed by atoms with van der Waals surface area (Å²) in [6.45, 7) is 3.86. The average molecular weight is 451 g/mol. The van der Waals surface area contributed by atoms with Gasteiger partial charge in [0.2, 0.25) is 11.8 Å². The van der Waals surface area contributed by atoms with E-state index >= 15 is 0 Å². The van der Waals surface area contributed by atoms with E-state index in [9.17, 15) is 24.6 Å². The van der Waals surface area contributed by atoms with Crippen LogP contribution < -0.4 is 27.8 Å². The number of hydrogen-bond acceptors (Lipinski definition) is 6. The van der Waals surface area contributed by atoms with Crippen molar-refractivity contribution in [2.24, 2.45) is 28.1 Å². The fourth-order valence-electron chi connectivity index (χ4n) is 2.94. The lowest BCUT2D eigenvalue weighted by Crippen LogP contribution is -2.56. The molecule has 2 amide bonds. The molecular formula is C21H34N6O5. The van der Waals surface area contributed by atoms with Crippen LogP contribution in [0.3, 0.4) is 0 Å². The third-order valence-electron chi connectivity index (χ3n) is 5.09. The smallest absolute Gasteiger partial charge is 0.326 e. The number of carboxylic acids is 1. The highest BCUT2D eigenvalue weighted by atomic mass is 16.4. The third kappa shape index (κ3) is 9.21. The van der Waals surface area contributed by atoms with Crippen molar-refractivity contribution < 1.29 is 24.6 Å². The zero-order valence-corrected chi connectivity index (χ0v) is 18.5. The normalized spacial score (nSPS) is 14.5. The molecule has 4 unspecified atom stereocenters. The summed E-state index contributed by atoms with van der Waals surface area (Å²) in [6.07, 6.45) is 1.40. The lowest BCUT2D eigenvalue weighted by molar-refractivity contribution is -0.143. The molecule has 0 heterocycles. The number of carbonyl (C=O) groups is 3. The number of phenolic OH excluding ortho intramolecular Hbond substituents is 1. The van der Waals surface area contributed by atoms with Crippen molar-refractivity contribution >= 4 is 23.7 Å². The van der Waals surface area contributed by atoms with E-state index in [1.54, 1.807) is 19.1 Å². The van der Waals surface area contributed by atoms with Gasteiger partial charge in [0, 0.05) is 13.0 Å². The first-order valence-electron chi connectivity index (χ1n) is 10.5. The first kappa shape index (κ1) is 26.7. The van der Waals surface area contributed by atoms with Gasteiger partial charge in [0.05, 0.1) is 6.04 Å². The second kappa shape index (κ2) is 13.2. The van der Waals surface area contributed by atoms with Gasteiger partial charge in [-0.15, -0.1) is 0 Å². The Morgan fingerprint density at radius 1 is 1.09 bits per heavy atom. The fraction of sp³-hybridized carbons (Fsp3) is 0.524. The molecule has 32 heavy (non-hydrogen) atoms. The largest absolute Gasteiger partial charge is 0.508 e. The molecule has 0 aliphatic rings. The van der Waals surface area contributed by atoms with Crippen LogP contribution in [0.1, 0.15) is 38.7 Å². The van der Waals surface area contributed by atoms with Crippen molar-refractivity contribution in [2.75, 3.05) is 6.54 Å². The van der Waals surface area contributed by atoms with E-state index in [0.717, 1.165) is 0 Å². The second-order valence-electron chi connectivity index (χ2n) is 7.70. The highest BCUT2D eigenvalue weighted by Crippen LogP contribution is 2.13. The molecule has 0 aliphatic heterocycles. The first-order chi connectivity index (χ1) is 15.0. The number of nitrogens with two attached hydrogens (primary N) is 3. The van der Waals surface area contributed by atoms with E-state index in [-0.39, 0.29) is 24.0 Å². The number of phenols is 1. The number of carbonyl (C=O) groups excluding carboxylic acids is 2. The zero-order valence-electron chi connectivity index (χ0n) is 18.5. The lowest BCUT2D eigenvalue weighted by atomic mass is 9.98. The molecule has 0 fully saturated rings. The predicted octanol–water partition coefficient (Wildman–Crippen LogP) is -0.584. The van der Waals surface area contributed by atoms with Crippen molar-refractivity contribution in [2.45, 2.75) is 57.7 Å². The number of rotatable bonds is 13. The first-order valence-corrected chi connectivity index (χ1v) is 10.5. The predicted molar refractivity (Wildman–Crippen MR) is 121 cm³/mol. The summed E-state index contributed by atoms with van der Waals surface area (Å²) < 4.78 is 0. The molecule has 0 saturated carbocycles. The van der Waals surface area contributed by atoms with Gasteiger partial charge in [0.1, 0.15) is 17.8 Å². The van der Waals surface area contributed by atoms with Gasteiger partial charge in [0.15, 0.2) is 5.96 Å². The Bertz CT molecular complexity index is 794. The number of amides is 2. The van der Waals surface area contributed by atoms with E-state index in [4.69, 9.17) is 17.2 Å². The van der Waals surface area contributed by atoms with E-state index in [2.05, 4.69) is 15.6 Å². The Morgan fingerprint density at radius 2 is 1.72 bits per heavy atom. The fourth-order valence-corrected chi connectivity index (χ4v) is 2.94. The van der Waals surface area contributed by atoms with Crippen LogP contribution in [0.15, 0.2) is 29.3 Å². The molecule has 11 nitrogen and oxygen atoms in total. The number of aliphatic carboxylic acids is 1. The Labute approximate surface area is 187 Å². The molecule has 0 aliphatic carbocycles. The molecule has 1 rings (SSSR count). The highest BCUT2D eigenvalue weighted by molar-refractivity contribution is 5.92. The van der Waals surface area contributed by atoms with Crippen LogP contribution in [0, 0.1) is 5.92 Å². The minimum absolute atomic E-state index is 0.0528. The van der Waals surface area contributed by atoms with Crippen molar-refractivity contribution in [1.29, 1.82) is 0 Å². The number of guanidine groups is 1. The summed E-state index contributed by atoms with van der Waals surface area (Å²) in [4.78, 5) is 40.9. The molecule has 4 atom stereocenters. The number of aromatic hydroxyl groups is 1. The van der Waals surface area contributed by atoms with E-state index < -0.39 is 35.9 Å². The van der Waals surface area contributed by atoms with Crippen LogP contribution in [-0.4, -0.2) is 58.6 Å². The van der Waals surface area contributed by atoms with Crippen molar-refractivity contribution in [3.8, 4) is 5.75 Å². The summed E-state index contributed by atoms with van der Waals surface area (Å²) >= 11 is 0. The van der Waals surface area contributed by atoms with E-state index in [0.29, 0.717) is 31.4 Å². The molecule has 0 radical (unpaired) electrons.